The summed E-state index contributed by atoms with van der Waals surface area (Å²) in [6, 6.07) is 14.8. The van der Waals surface area contributed by atoms with E-state index >= 15 is 0 Å². The summed E-state index contributed by atoms with van der Waals surface area (Å²) in [5, 5.41) is 0. The van der Waals surface area contributed by atoms with E-state index in [0.717, 1.165) is 5.70 Å². The van der Waals surface area contributed by atoms with E-state index in [1.165, 1.54) is 0 Å². The van der Waals surface area contributed by atoms with Crippen LogP contribution < -0.4 is 14.2 Å². The molecule has 0 spiro atoms. The molecular formula is C29H33NO6. The predicted octanol–water partition coefficient (Wildman–Crippen LogP) is 5.14. The number of carbonyl (C=O) groups excluding carboxylic acids is 2. The van der Waals surface area contributed by atoms with Gasteiger partial charge in [0.2, 0.25) is 0 Å². The highest BCUT2D eigenvalue weighted by atomic mass is 16.6. The lowest BCUT2D eigenvalue weighted by atomic mass is 9.66. The molecule has 0 saturated carbocycles. The van der Waals surface area contributed by atoms with Crippen molar-refractivity contribution >= 4 is 17.5 Å². The molecule has 2 aromatic carbocycles. The predicted molar refractivity (Wildman–Crippen MR) is 137 cm³/mol. The second-order valence-corrected chi connectivity index (χ2v) is 9.95. The summed E-state index contributed by atoms with van der Waals surface area (Å²) in [4.78, 5) is 31.8. The first-order valence-corrected chi connectivity index (χ1v) is 12.1. The quantitative estimate of drug-likeness (QED) is 0.375. The Morgan fingerprint density at radius 3 is 2.44 bits per heavy atom. The Kier molecular flexibility index (Phi) is 7.48. The first-order chi connectivity index (χ1) is 17.2. The average Bonchev–Trinajstić information content (AvgIpc) is 2.85. The van der Waals surface area contributed by atoms with E-state index in [9.17, 15) is 9.59 Å². The number of rotatable bonds is 8. The monoisotopic (exact) mass is 491 g/mol. The lowest BCUT2D eigenvalue weighted by molar-refractivity contribution is -0.147. The molecule has 0 N–H and O–H groups in total. The summed E-state index contributed by atoms with van der Waals surface area (Å²) in [6.45, 7) is 6.24. The Labute approximate surface area is 212 Å². The molecule has 1 aliphatic carbocycles. The molecule has 36 heavy (non-hydrogen) atoms. The highest BCUT2D eigenvalue weighted by Gasteiger charge is 2.47. The van der Waals surface area contributed by atoms with Gasteiger partial charge >= 0.3 is 5.97 Å². The molecule has 190 valence electrons. The summed E-state index contributed by atoms with van der Waals surface area (Å²) in [5.74, 6) is 0.0725. The standard InChI is InChI=1S/C29H33NO6/c1-18-25(28(32)36-14-13-35-19-9-7-6-8-10-19)26(21-15-20(33-4)11-12-24(21)34-5)27-22(30-18)16-29(2,3)17-23(27)31/h6-12,15,25-26H,13-14,16-17H2,1-5H3/t25?,26-/m1/s1. The molecule has 2 aromatic rings. The van der Waals surface area contributed by atoms with Crippen LogP contribution in [0.1, 0.15) is 45.1 Å². The minimum Gasteiger partial charge on any atom is -0.497 e. The third kappa shape index (κ3) is 5.30. The maximum Gasteiger partial charge on any atom is 0.315 e. The van der Waals surface area contributed by atoms with Crippen molar-refractivity contribution in [2.45, 2.75) is 39.5 Å². The van der Waals surface area contributed by atoms with Crippen LogP contribution in [-0.2, 0) is 14.3 Å². The van der Waals surface area contributed by atoms with Crippen LogP contribution in [0.25, 0.3) is 0 Å². The number of ketones is 1. The molecule has 0 aromatic heterocycles. The molecule has 1 heterocycles. The zero-order chi connectivity index (χ0) is 25.9. The van der Waals surface area contributed by atoms with Crippen molar-refractivity contribution in [2.75, 3.05) is 27.4 Å². The summed E-state index contributed by atoms with van der Waals surface area (Å²) >= 11 is 0. The first-order valence-electron chi connectivity index (χ1n) is 12.1. The third-order valence-electron chi connectivity index (χ3n) is 6.67. The van der Waals surface area contributed by atoms with Crippen LogP contribution in [-0.4, -0.2) is 44.9 Å². The Morgan fingerprint density at radius 1 is 1.00 bits per heavy atom. The summed E-state index contributed by atoms with van der Waals surface area (Å²) in [5.41, 5.74) is 2.41. The van der Waals surface area contributed by atoms with Crippen molar-refractivity contribution in [2.24, 2.45) is 16.3 Å². The molecule has 4 rings (SSSR count). The van der Waals surface area contributed by atoms with Gasteiger partial charge in [-0.3, -0.25) is 14.6 Å². The molecule has 1 unspecified atom stereocenters. The van der Waals surface area contributed by atoms with Gasteiger partial charge in [-0.1, -0.05) is 32.0 Å². The Morgan fingerprint density at radius 2 is 1.75 bits per heavy atom. The molecule has 7 heteroatoms. The van der Waals surface area contributed by atoms with Gasteiger partial charge in [-0.25, -0.2) is 0 Å². The smallest absolute Gasteiger partial charge is 0.315 e. The molecule has 0 bridgehead atoms. The number of methoxy groups -OCH3 is 2. The molecule has 0 amide bonds. The minimum absolute atomic E-state index is 0.00224. The zero-order valence-corrected chi connectivity index (χ0v) is 21.5. The topological polar surface area (TPSA) is 83.4 Å². The van der Waals surface area contributed by atoms with Gasteiger partial charge in [0, 0.05) is 34.9 Å². The van der Waals surface area contributed by atoms with E-state index in [0.29, 0.717) is 46.9 Å². The Balaban J connectivity index is 1.67. The summed E-state index contributed by atoms with van der Waals surface area (Å²) in [6.07, 6.45) is 1.04. The van der Waals surface area contributed by atoms with Crippen molar-refractivity contribution in [3.63, 3.8) is 0 Å². The van der Waals surface area contributed by atoms with E-state index in [-0.39, 0.29) is 24.4 Å². The number of hydrogen-bond acceptors (Lipinski definition) is 7. The van der Waals surface area contributed by atoms with Crippen LogP contribution in [0, 0.1) is 11.3 Å². The maximum atomic E-state index is 13.5. The van der Waals surface area contributed by atoms with Gasteiger partial charge in [0.25, 0.3) is 0 Å². The van der Waals surface area contributed by atoms with E-state index in [2.05, 4.69) is 13.8 Å². The van der Waals surface area contributed by atoms with Gasteiger partial charge in [-0.2, -0.15) is 0 Å². The number of hydrogen-bond donors (Lipinski definition) is 0. The van der Waals surface area contributed by atoms with Crippen LogP contribution in [0.15, 0.2) is 64.8 Å². The average molecular weight is 492 g/mol. The van der Waals surface area contributed by atoms with Crippen molar-refractivity contribution in [1.82, 2.24) is 0 Å². The molecular weight excluding hydrogens is 458 g/mol. The van der Waals surface area contributed by atoms with Crippen molar-refractivity contribution in [3.8, 4) is 17.2 Å². The molecule has 0 radical (unpaired) electrons. The lowest BCUT2D eigenvalue weighted by Gasteiger charge is -2.39. The fraction of sp³-hybridized carbons (Fsp3) is 0.414. The maximum absolute atomic E-state index is 13.5. The summed E-state index contributed by atoms with van der Waals surface area (Å²) in [7, 11) is 3.15. The summed E-state index contributed by atoms with van der Waals surface area (Å²) < 4.78 is 22.5. The zero-order valence-electron chi connectivity index (χ0n) is 21.5. The fourth-order valence-electron chi connectivity index (χ4n) is 5.08. The van der Waals surface area contributed by atoms with Crippen molar-refractivity contribution < 1.29 is 28.5 Å². The van der Waals surface area contributed by atoms with Gasteiger partial charge in [0.15, 0.2) is 5.78 Å². The van der Waals surface area contributed by atoms with Gasteiger partial charge in [0.05, 0.1) is 14.2 Å². The van der Waals surface area contributed by atoms with Gasteiger partial charge in [0.1, 0.15) is 36.4 Å². The van der Waals surface area contributed by atoms with Crippen LogP contribution >= 0.6 is 0 Å². The Hall–Kier alpha value is -3.61. The van der Waals surface area contributed by atoms with E-state index in [1.807, 2.05) is 43.3 Å². The number of aliphatic imine (C=N–C) groups is 1. The fourth-order valence-corrected chi connectivity index (χ4v) is 5.08. The largest absolute Gasteiger partial charge is 0.497 e. The molecule has 2 atom stereocenters. The molecule has 2 aliphatic rings. The first kappa shape index (κ1) is 25.5. The SMILES string of the molecule is COc1ccc(OC)c([C@H]2C3=C(CC(C)(C)CC3=O)N=C(C)C2C(=O)OCCOc2ccccc2)c1. The Bertz CT molecular complexity index is 1200. The van der Waals surface area contributed by atoms with E-state index in [1.54, 1.807) is 26.4 Å². The highest BCUT2D eigenvalue weighted by Crippen LogP contribution is 2.50. The number of Topliss-reactive ketones (excluding diaryl/α,β-unsaturated/α-hetero) is 1. The van der Waals surface area contributed by atoms with E-state index in [4.69, 9.17) is 23.9 Å². The van der Waals surface area contributed by atoms with Crippen molar-refractivity contribution in [3.05, 3.63) is 65.4 Å². The number of allylic oxidation sites excluding steroid dienone is 2. The van der Waals surface area contributed by atoms with Gasteiger partial charge < -0.3 is 18.9 Å². The molecule has 0 fully saturated rings. The number of carbonyl (C=O) groups is 2. The molecule has 1 aliphatic heterocycles. The van der Waals surface area contributed by atoms with Gasteiger partial charge in [-0.05, 0) is 49.1 Å². The minimum atomic E-state index is -0.772. The molecule has 7 nitrogen and oxygen atoms in total. The van der Waals surface area contributed by atoms with Gasteiger partial charge in [-0.15, -0.1) is 0 Å². The van der Waals surface area contributed by atoms with E-state index < -0.39 is 17.8 Å². The lowest BCUT2D eigenvalue weighted by Crippen LogP contribution is -2.40. The number of ether oxygens (including phenoxy) is 4. The number of para-hydroxylation sites is 1. The van der Waals surface area contributed by atoms with Crippen LogP contribution in [0.5, 0.6) is 17.2 Å². The number of benzene rings is 2. The second kappa shape index (κ2) is 10.6. The number of esters is 1. The molecule has 0 saturated heterocycles. The van der Waals surface area contributed by atoms with Crippen molar-refractivity contribution in [1.29, 1.82) is 0 Å². The van der Waals surface area contributed by atoms with Crippen LogP contribution in [0.3, 0.4) is 0 Å². The second-order valence-electron chi connectivity index (χ2n) is 9.95. The third-order valence-corrected chi connectivity index (χ3v) is 6.67. The van der Waals surface area contributed by atoms with Crippen LogP contribution in [0.2, 0.25) is 0 Å². The number of nitrogens with zero attached hydrogens (tertiary/aromatic N) is 1. The normalized spacial score (nSPS) is 20.8. The van der Waals surface area contributed by atoms with Crippen LogP contribution in [0.4, 0.5) is 0 Å². The highest BCUT2D eigenvalue weighted by molar-refractivity contribution is 6.09.